The molecular formula is C21H19ClFN3O. The minimum atomic E-state index is -0.267. The number of benzene rings is 2. The molecule has 2 aromatic carbocycles. The van der Waals surface area contributed by atoms with Gasteiger partial charge < -0.3 is 10.6 Å². The summed E-state index contributed by atoms with van der Waals surface area (Å²) in [4.78, 5) is 16.5. The zero-order chi connectivity index (χ0) is 19.2. The smallest absolute Gasteiger partial charge is 0.252 e. The molecule has 0 radical (unpaired) electrons. The van der Waals surface area contributed by atoms with Crippen LogP contribution in [0.4, 0.5) is 15.8 Å². The molecule has 0 fully saturated rings. The van der Waals surface area contributed by atoms with E-state index in [0.717, 1.165) is 11.3 Å². The van der Waals surface area contributed by atoms with Crippen LogP contribution in [0.1, 0.15) is 21.5 Å². The van der Waals surface area contributed by atoms with Gasteiger partial charge in [0, 0.05) is 23.5 Å². The van der Waals surface area contributed by atoms with Gasteiger partial charge in [-0.15, -0.1) is 0 Å². The van der Waals surface area contributed by atoms with Crippen molar-refractivity contribution in [2.24, 2.45) is 0 Å². The highest BCUT2D eigenvalue weighted by Crippen LogP contribution is 2.24. The van der Waals surface area contributed by atoms with Gasteiger partial charge in [0.15, 0.2) is 0 Å². The third-order valence-corrected chi connectivity index (χ3v) is 4.35. The maximum atomic E-state index is 13.6. The van der Waals surface area contributed by atoms with Crippen LogP contribution in [0.15, 0.2) is 60.9 Å². The van der Waals surface area contributed by atoms with Gasteiger partial charge in [0.1, 0.15) is 5.82 Å². The minimum absolute atomic E-state index is 0.259. The number of nitrogens with one attached hydrogen (secondary N) is 2. The lowest BCUT2D eigenvalue weighted by molar-refractivity contribution is 0.0953. The molecule has 0 saturated carbocycles. The molecular weight excluding hydrogens is 365 g/mol. The van der Waals surface area contributed by atoms with Crippen LogP contribution >= 0.6 is 11.6 Å². The second-order valence-corrected chi connectivity index (χ2v) is 6.58. The Morgan fingerprint density at radius 3 is 2.78 bits per heavy atom. The Labute approximate surface area is 162 Å². The molecule has 1 heterocycles. The van der Waals surface area contributed by atoms with Crippen molar-refractivity contribution in [3.05, 3.63) is 88.5 Å². The van der Waals surface area contributed by atoms with Gasteiger partial charge in [-0.3, -0.25) is 9.78 Å². The molecule has 6 heteroatoms. The first-order valence-electron chi connectivity index (χ1n) is 8.53. The SMILES string of the molecule is Cc1ccc(Cl)cc1Nc1cncc(C(=O)NCCc2ccccc2F)c1. The van der Waals surface area contributed by atoms with Gasteiger partial charge in [-0.1, -0.05) is 35.9 Å². The lowest BCUT2D eigenvalue weighted by Crippen LogP contribution is -2.26. The van der Waals surface area contributed by atoms with Gasteiger partial charge >= 0.3 is 0 Å². The Morgan fingerprint density at radius 2 is 1.96 bits per heavy atom. The monoisotopic (exact) mass is 383 g/mol. The molecule has 0 aliphatic rings. The highest BCUT2D eigenvalue weighted by molar-refractivity contribution is 6.30. The maximum Gasteiger partial charge on any atom is 0.252 e. The largest absolute Gasteiger partial charge is 0.354 e. The van der Waals surface area contributed by atoms with Gasteiger partial charge in [-0.25, -0.2) is 4.39 Å². The van der Waals surface area contributed by atoms with Crippen molar-refractivity contribution in [2.45, 2.75) is 13.3 Å². The molecule has 0 aliphatic carbocycles. The van der Waals surface area contributed by atoms with E-state index in [0.29, 0.717) is 34.8 Å². The number of amides is 1. The summed E-state index contributed by atoms with van der Waals surface area (Å²) >= 11 is 6.04. The Balaban J connectivity index is 1.63. The Hall–Kier alpha value is -2.92. The summed E-state index contributed by atoms with van der Waals surface area (Å²) in [5, 5.41) is 6.64. The molecule has 0 unspecified atom stereocenters. The van der Waals surface area contributed by atoms with E-state index >= 15 is 0 Å². The molecule has 3 aromatic rings. The second kappa shape index (κ2) is 8.64. The zero-order valence-electron chi connectivity index (χ0n) is 14.8. The van der Waals surface area contributed by atoms with Crippen molar-refractivity contribution in [3.63, 3.8) is 0 Å². The summed E-state index contributed by atoms with van der Waals surface area (Å²) in [5.41, 5.74) is 3.55. The number of hydrogen-bond donors (Lipinski definition) is 2. The number of carbonyl (C=O) groups excluding carboxylic acids is 1. The highest BCUT2D eigenvalue weighted by atomic mass is 35.5. The predicted molar refractivity (Wildman–Crippen MR) is 106 cm³/mol. The van der Waals surface area contributed by atoms with Gasteiger partial charge in [0.05, 0.1) is 17.4 Å². The van der Waals surface area contributed by atoms with E-state index < -0.39 is 0 Å². The zero-order valence-corrected chi connectivity index (χ0v) is 15.6. The average molecular weight is 384 g/mol. The summed E-state index contributed by atoms with van der Waals surface area (Å²) < 4.78 is 13.6. The van der Waals surface area contributed by atoms with Crippen LogP contribution in [0, 0.1) is 12.7 Å². The number of carbonyl (C=O) groups is 1. The summed E-state index contributed by atoms with van der Waals surface area (Å²) in [6.45, 7) is 2.30. The first kappa shape index (κ1) is 18.9. The third kappa shape index (κ3) is 5.05. The fourth-order valence-electron chi connectivity index (χ4n) is 2.63. The standard InChI is InChI=1S/C21H19ClFN3O/c1-14-6-7-17(22)11-20(14)26-18-10-16(12-24-13-18)21(27)25-9-8-15-4-2-3-5-19(15)23/h2-7,10-13,26H,8-9H2,1H3,(H,25,27). The van der Waals surface area contributed by atoms with Crippen LogP contribution in [-0.4, -0.2) is 17.4 Å². The third-order valence-electron chi connectivity index (χ3n) is 4.12. The fraction of sp³-hybridized carbons (Fsp3) is 0.143. The molecule has 27 heavy (non-hydrogen) atoms. The summed E-state index contributed by atoms with van der Waals surface area (Å²) in [6.07, 6.45) is 3.55. The molecule has 138 valence electrons. The quantitative estimate of drug-likeness (QED) is 0.636. The minimum Gasteiger partial charge on any atom is -0.354 e. The van der Waals surface area contributed by atoms with Crippen molar-refractivity contribution >= 4 is 28.9 Å². The van der Waals surface area contributed by atoms with Crippen molar-refractivity contribution in [1.82, 2.24) is 10.3 Å². The van der Waals surface area contributed by atoms with E-state index in [4.69, 9.17) is 11.6 Å². The summed E-state index contributed by atoms with van der Waals surface area (Å²) in [6, 6.07) is 13.8. The summed E-state index contributed by atoms with van der Waals surface area (Å²) in [7, 11) is 0. The van der Waals surface area contributed by atoms with Crippen LogP contribution in [0.3, 0.4) is 0 Å². The Morgan fingerprint density at radius 1 is 1.15 bits per heavy atom. The molecule has 0 atom stereocenters. The van der Waals surface area contributed by atoms with E-state index in [2.05, 4.69) is 15.6 Å². The Bertz CT molecular complexity index is 962. The van der Waals surface area contributed by atoms with Crippen LogP contribution in [0.2, 0.25) is 5.02 Å². The predicted octanol–water partition coefficient (Wildman–Crippen LogP) is 4.90. The summed E-state index contributed by atoms with van der Waals surface area (Å²) in [5.74, 6) is -0.526. The number of aryl methyl sites for hydroxylation is 1. The van der Waals surface area contributed by atoms with Crippen LogP contribution in [-0.2, 0) is 6.42 Å². The lowest BCUT2D eigenvalue weighted by atomic mass is 10.1. The molecule has 1 aromatic heterocycles. The number of anilines is 2. The molecule has 2 N–H and O–H groups in total. The maximum absolute atomic E-state index is 13.6. The first-order valence-corrected chi connectivity index (χ1v) is 8.90. The number of halogens is 2. The second-order valence-electron chi connectivity index (χ2n) is 6.14. The Kier molecular flexibility index (Phi) is 6.04. The van der Waals surface area contributed by atoms with Crippen LogP contribution in [0.5, 0.6) is 0 Å². The number of aromatic nitrogens is 1. The molecule has 0 saturated heterocycles. The number of rotatable bonds is 6. The lowest BCUT2D eigenvalue weighted by Gasteiger charge is -2.11. The normalized spacial score (nSPS) is 10.5. The van der Waals surface area contributed by atoms with E-state index in [1.54, 1.807) is 30.5 Å². The number of hydrogen-bond acceptors (Lipinski definition) is 3. The molecule has 0 bridgehead atoms. The van der Waals surface area contributed by atoms with E-state index in [9.17, 15) is 9.18 Å². The fourth-order valence-corrected chi connectivity index (χ4v) is 2.80. The van der Waals surface area contributed by atoms with Gasteiger partial charge in [-0.05, 0) is 48.7 Å². The number of pyridine rings is 1. The van der Waals surface area contributed by atoms with Crippen LogP contribution < -0.4 is 10.6 Å². The van der Waals surface area contributed by atoms with Gasteiger partial charge in [0.2, 0.25) is 0 Å². The van der Waals surface area contributed by atoms with Crippen molar-refractivity contribution < 1.29 is 9.18 Å². The van der Waals surface area contributed by atoms with Gasteiger partial charge in [-0.2, -0.15) is 0 Å². The van der Waals surface area contributed by atoms with E-state index in [1.807, 2.05) is 25.1 Å². The van der Waals surface area contributed by atoms with Crippen LogP contribution in [0.25, 0.3) is 0 Å². The topological polar surface area (TPSA) is 54.0 Å². The molecule has 3 rings (SSSR count). The van der Waals surface area contributed by atoms with Crippen molar-refractivity contribution in [2.75, 3.05) is 11.9 Å². The first-order chi connectivity index (χ1) is 13.0. The molecule has 0 spiro atoms. The van der Waals surface area contributed by atoms with Gasteiger partial charge in [0.25, 0.3) is 5.91 Å². The number of nitrogens with zero attached hydrogens (tertiary/aromatic N) is 1. The van der Waals surface area contributed by atoms with E-state index in [-0.39, 0.29) is 11.7 Å². The molecule has 1 amide bonds. The van der Waals surface area contributed by atoms with E-state index in [1.165, 1.54) is 12.3 Å². The van der Waals surface area contributed by atoms with Crippen molar-refractivity contribution in [3.8, 4) is 0 Å². The van der Waals surface area contributed by atoms with Crippen molar-refractivity contribution in [1.29, 1.82) is 0 Å². The highest BCUT2D eigenvalue weighted by Gasteiger charge is 2.09. The molecule has 0 aliphatic heterocycles. The average Bonchev–Trinajstić information content (AvgIpc) is 2.66. The molecule has 4 nitrogen and oxygen atoms in total.